The van der Waals surface area contributed by atoms with Crippen LogP contribution in [0, 0.1) is 5.82 Å². The summed E-state index contributed by atoms with van der Waals surface area (Å²) < 4.78 is 12.9. The van der Waals surface area contributed by atoms with E-state index in [4.69, 9.17) is 0 Å². The number of piperidine rings is 1. The zero-order chi connectivity index (χ0) is 17.0. The Morgan fingerprint density at radius 1 is 1.17 bits per heavy atom. The van der Waals surface area contributed by atoms with Crippen LogP contribution in [0.2, 0.25) is 0 Å². The average Bonchev–Trinajstić information content (AvgIpc) is 2.57. The molecule has 0 spiro atoms. The van der Waals surface area contributed by atoms with Crippen molar-refractivity contribution < 1.29 is 14.3 Å². The lowest BCUT2D eigenvalue weighted by atomic mass is 9.84. The maximum Gasteiger partial charge on any atom is 0.251 e. The van der Waals surface area contributed by atoms with Crippen molar-refractivity contribution in [2.75, 3.05) is 19.6 Å². The first-order valence-corrected chi connectivity index (χ1v) is 9.05. The monoisotopic (exact) mass is 334 g/mol. The van der Waals surface area contributed by atoms with Gasteiger partial charge in [-0.2, -0.15) is 0 Å². The molecule has 1 aliphatic heterocycles. The highest BCUT2D eigenvalue weighted by atomic mass is 19.1. The highest BCUT2D eigenvalue weighted by Gasteiger charge is 2.32. The third kappa shape index (κ3) is 4.54. The number of likely N-dealkylation sites (tertiary alicyclic amines) is 1. The van der Waals surface area contributed by atoms with Crippen LogP contribution in [0.25, 0.3) is 0 Å². The summed E-state index contributed by atoms with van der Waals surface area (Å²) in [5.41, 5.74) is -0.0158. The fraction of sp³-hybridized carbons (Fsp3) is 0.632. The molecule has 2 aliphatic rings. The van der Waals surface area contributed by atoms with E-state index in [0.29, 0.717) is 5.56 Å². The highest BCUT2D eigenvalue weighted by Crippen LogP contribution is 2.29. The van der Waals surface area contributed by atoms with Crippen LogP contribution >= 0.6 is 0 Å². The fourth-order valence-electron chi connectivity index (χ4n) is 3.89. The maximum absolute atomic E-state index is 12.9. The van der Waals surface area contributed by atoms with Crippen molar-refractivity contribution in [2.45, 2.75) is 56.6 Å². The Kier molecular flexibility index (Phi) is 5.51. The molecule has 0 radical (unpaired) electrons. The number of rotatable bonds is 4. The van der Waals surface area contributed by atoms with Gasteiger partial charge in [-0.25, -0.2) is 4.39 Å². The largest absolute Gasteiger partial charge is 0.389 e. The smallest absolute Gasteiger partial charge is 0.251 e. The van der Waals surface area contributed by atoms with Crippen molar-refractivity contribution in [1.29, 1.82) is 0 Å². The fourth-order valence-corrected chi connectivity index (χ4v) is 3.89. The first-order chi connectivity index (χ1) is 11.5. The predicted molar refractivity (Wildman–Crippen MR) is 91.4 cm³/mol. The van der Waals surface area contributed by atoms with Crippen LogP contribution in [0.3, 0.4) is 0 Å². The van der Waals surface area contributed by atoms with Crippen molar-refractivity contribution in [3.05, 3.63) is 35.6 Å². The zero-order valence-corrected chi connectivity index (χ0v) is 14.1. The summed E-state index contributed by atoms with van der Waals surface area (Å²) >= 11 is 0. The molecular weight excluding hydrogens is 307 g/mol. The van der Waals surface area contributed by atoms with Crippen molar-refractivity contribution >= 4 is 5.91 Å². The quantitative estimate of drug-likeness (QED) is 0.890. The summed E-state index contributed by atoms with van der Waals surface area (Å²) in [4.78, 5) is 14.5. The second kappa shape index (κ2) is 7.62. The minimum atomic E-state index is -0.511. The number of nitrogens with zero attached hydrogens (tertiary/aromatic N) is 1. The number of nitrogens with one attached hydrogen (secondary N) is 1. The molecule has 2 N–H and O–H groups in total. The number of aliphatic hydroxyl groups is 1. The van der Waals surface area contributed by atoms with Gasteiger partial charge >= 0.3 is 0 Å². The minimum absolute atomic E-state index is 0.139. The Labute approximate surface area is 143 Å². The van der Waals surface area contributed by atoms with Crippen LogP contribution in [-0.2, 0) is 0 Å². The molecule has 0 atom stereocenters. The van der Waals surface area contributed by atoms with Crippen LogP contribution in [0.5, 0.6) is 0 Å². The Morgan fingerprint density at radius 2 is 1.79 bits per heavy atom. The molecule has 1 saturated heterocycles. The van der Waals surface area contributed by atoms with E-state index in [0.717, 1.165) is 58.2 Å². The van der Waals surface area contributed by atoms with E-state index in [1.807, 2.05) is 0 Å². The number of carbonyl (C=O) groups is 1. The lowest BCUT2D eigenvalue weighted by Gasteiger charge is -2.40. The summed E-state index contributed by atoms with van der Waals surface area (Å²) in [5.74, 6) is -0.472. The summed E-state index contributed by atoms with van der Waals surface area (Å²) in [6.07, 6.45) is 7.09. The van der Waals surface area contributed by atoms with E-state index < -0.39 is 5.60 Å². The third-order valence-corrected chi connectivity index (χ3v) is 5.33. The second-order valence-corrected chi connectivity index (χ2v) is 7.32. The van der Waals surface area contributed by atoms with Crippen molar-refractivity contribution in [1.82, 2.24) is 10.2 Å². The highest BCUT2D eigenvalue weighted by molar-refractivity contribution is 5.94. The Morgan fingerprint density at radius 3 is 2.42 bits per heavy atom. The number of halogens is 1. The van der Waals surface area contributed by atoms with Gasteiger partial charge in [0.25, 0.3) is 5.91 Å². The van der Waals surface area contributed by atoms with Crippen LogP contribution in [0.1, 0.15) is 55.3 Å². The molecule has 5 heteroatoms. The molecule has 4 nitrogen and oxygen atoms in total. The second-order valence-electron chi connectivity index (χ2n) is 7.32. The third-order valence-electron chi connectivity index (χ3n) is 5.33. The number of β-amino-alcohol motifs (C(OH)–C–C–N with tert-alkyl or cyclic N) is 1. The molecule has 1 amide bonds. The molecule has 1 saturated carbocycles. The summed E-state index contributed by atoms with van der Waals surface area (Å²) in [6, 6.07) is 5.79. The molecule has 3 rings (SSSR count). The van der Waals surface area contributed by atoms with E-state index in [-0.39, 0.29) is 17.8 Å². The molecule has 0 unspecified atom stereocenters. The average molecular weight is 334 g/mol. The minimum Gasteiger partial charge on any atom is -0.389 e. The molecule has 1 heterocycles. The van der Waals surface area contributed by atoms with Gasteiger partial charge in [-0.05, 0) is 49.9 Å². The Balaban J connectivity index is 1.45. The first-order valence-electron chi connectivity index (χ1n) is 9.05. The summed E-state index contributed by atoms with van der Waals surface area (Å²) in [5, 5.41) is 13.7. The number of amides is 1. The topological polar surface area (TPSA) is 52.6 Å². The summed E-state index contributed by atoms with van der Waals surface area (Å²) in [7, 11) is 0. The molecule has 0 aromatic heterocycles. The van der Waals surface area contributed by atoms with E-state index in [1.54, 1.807) is 0 Å². The van der Waals surface area contributed by atoms with Gasteiger partial charge in [0.15, 0.2) is 0 Å². The molecule has 1 aromatic rings. The van der Waals surface area contributed by atoms with Gasteiger partial charge in [-0.1, -0.05) is 19.3 Å². The Hall–Kier alpha value is -1.46. The van der Waals surface area contributed by atoms with Crippen molar-refractivity contribution in [2.24, 2.45) is 0 Å². The van der Waals surface area contributed by atoms with Gasteiger partial charge in [0.2, 0.25) is 0 Å². The molecule has 2 fully saturated rings. The zero-order valence-electron chi connectivity index (χ0n) is 14.1. The molecular formula is C19H27FN2O2. The molecule has 1 aromatic carbocycles. The van der Waals surface area contributed by atoms with Crippen molar-refractivity contribution in [3.8, 4) is 0 Å². The van der Waals surface area contributed by atoms with Crippen LogP contribution in [0.4, 0.5) is 4.39 Å². The van der Waals surface area contributed by atoms with Crippen LogP contribution in [-0.4, -0.2) is 47.2 Å². The van der Waals surface area contributed by atoms with Gasteiger partial charge in [-0.3, -0.25) is 4.79 Å². The van der Waals surface area contributed by atoms with Gasteiger partial charge in [0.05, 0.1) is 5.60 Å². The van der Waals surface area contributed by atoms with Gasteiger partial charge in [-0.15, -0.1) is 0 Å². The molecule has 24 heavy (non-hydrogen) atoms. The predicted octanol–water partition coefficient (Wildman–Crippen LogP) is 2.72. The molecule has 0 bridgehead atoms. The SMILES string of the molecule is O=C(NC1CCN(CC2(O)CCCCC2)CC1)c1ccc(F)cc1. The normalized spacial score (nSPS) is 22.2. The maximum atomic E-state index is 12.9. The number of hydrogen-bond donors (Lipinski definition) is 2. The van der Waals surface area contributed by atoms with Crippen molar-refractivity contribution in [3.63, 3.8) is 0 Å². The van der Waals surface area contributed by atoms with E-state index in [1.165, 1.54) is 30.7 Å². The van der Waals surface area contributed by atoms with Gasteiger partial charge in [0, 0.05) is 31.2 Å². The van der Waals surface area contributed by atoms with Gasteiger partial charge < -0.3 is 15.3 Å². The van der Waals surface area contributed by atoms with E-state index >= 15 is 0 Å². The first kappa shape index (κ1) is 17.4. The van der Waals surface area contributed by atoms with Crippen LogP contribution < -0.4 is 5.32 Å². The van der Waals surface area contributed by atoms with E-state index in [2.05, 4.69) is 10.2 Å². The van der Waals surface area contributed by atoms with Gasteiger partial charge in [0.1, 0.15) is 5.82 Å². The summed E-state index contributed by atoms with van der Waals surface area (Å²) in [6.45, 7) is 2.55. The standard InChI is InChI=1S/C19H27FN2O2/c20-16-6-4-15(5-7-16)18(23)21-17-8-12-22(13-9-17)14-19(24)10-2-1-3-11-19/h4-7,17,24H,1-3,8-14H2,(H,21,23). The molecule has 132 valence electrons. The van der Waals surface area contributed by atoms with Crippen LogP contribution in [0.15, 0.2) is 24.3 Å². The molecule has 1 aliphatic carbocycles. The number of carbonyl (C=O) groups excluding carboxylic acids is 1. The Bertz CT molecular complexity index is 547. The lowest BCUT2D eigenvalue weighted by molar-refractivity contribution is -0.0312. The lowest BCUT2D eigenvalue weighted by Crippen LogP contribution is -2.50. The number of benzene rings is 1. The number of hydrogen-bond acceptors (Lipinski definition) is 3. The van der Waals surface area contributed by atoms with E-state index in [9.17, 15) is 14.3 Å².